The summed E-state index contributed by atoms with van der Waals surface area (Å²) >= 11 is 0. The maximum absolute atomic E-state index is 11.3. The number of aromatic nitrogens is 5. The molecule has 0 spiro atoms. The van der Waals surface area contributed by atoms with Crippen LogP contribution in [-0.4, -0.2) is 58.9 Å². The summed E-state index contributed by atoms with van der Waals surface area (Å²) in [4.78, 5) is 20.2. The standard InChI is InChI=1S/C18H23N7O4/c1-4-25-16-14(23-24-25)15(21-18(22-16)20-12(8-26)9(2)3)19-10-5-6-13(27)11(7-10)17(28)29/h5-7,9,12,26-27H,4,8H2,1-3H3,(H,28,29)(H2,19,20,21,22). The van der Waals surface area contributed by atoms with Gasteiger partial charge in [0, 0.05) is 12.2 Å². The Bertz CT molecular complexity index is 1030. The Morgan fingerprint density at radius 3 is 2.66 bits per heavy atom. The Morgan fingerprint density at radius 2 is 2.03 bits per heavy atom. The van der Waals surface area contributed by atoms with Crippen LogP contribution in [0, 0.1) is 5.92 Å². The normalized spacial score (nSPS) is 12.3. The summed E-state index contributed by atoms with van der Waals surface area (Å²) in [5.41, 5.74) is 1.06. The minimum absolute atomic E-state index is 0.0902. The van der Waals surface area contributed by atoms with Gasteiger partial charge in [0.2, 0.25) is 5.95 Å². The molecule has 0 aliphatic heterocycles. The smallest absolute Gasteiger partial charge is 0.339 e. The molecule has 0 radical (unpaired) electrons. The van der Waals surface area contributed by atoms with Crippen LogP contribution in [0.2, 0.25) is 0 Å². The first-order valence-electron chi connectivity index (χ1n) is 9.16. The van der Waals surface area contributed by atoms with Crippen molar-refractivity contribution in [1.29, 1.82) is 0 Å². The van der Waals surface area contributed by atoms with Gasteiger partial charge in [-0.15, -0.1) is 5.10 Å². The third-order valence-corrected chi connectivity index (χ3v) is 4.47. The molecule has 11 nitrogen and oxygen atoms in total. The maximum Gasteiger partial charge on any atom is 0.339 e. The number of carbonyl (C=O) groups is 1. The number of aromatic carboxylic acids is 1. The van der Waals surface area contributed by atoms with Gasteiger partial charge in [0.05, 0.1) is 12.6 Å². The second-order valence-corrected chi connectivity index (χ2v) is 6.81. The molecule has 0 aliphatic carbocycles. The fourth-order valence-corrected chi connectivity index (χ4v) is 2.73. The van der Waals surface area contributed by atoms with Gasteiger partial charge in [-0.3, -0.25) is 0 Å². The van der Waals surface area contributed by atoms with E-state index in [9.17, 15) is 20.1 Å². The molecule has 2 heterocycles. The first kappa shape index (κ1) is 20.3. The number of aromatic hydroxyl groups is 1. The number of nitrogens with one attached hydrogen (secondary N) is 2. The van der Waals surface area contributed by atoms with E-state index in [2.05, 4.69) is 30.9 Å². The predicted molar refractivity (Wildman–Crippen MR) is 106 cm³/mol. The minimum atomic E-state index is -1.25. The molecule has 5 N–H and O–H groups in total. The quantitative estimate of drug-likeness (QED) is 0.352. The van der Waals surface area contributed by atoms with Crippen molar-refractivity contribution >= 4 is 34.6 Å². The van der Waals surface area contributed by atoms with E-state index in [4.69, 9.17) is 0 Å². The van der Waals surface area contributed by atoms with E-state index in [0.717, 1.165) is 0 Å². The van der Waals surface area contributed by atoms with Crippen molar-refractivity contribution in [3.05, 3.63) is 23.8 Å². The number of fused-ring (bicyclic) bond motifs is 1. The molecule has 29 heavy (non-hydrogen) atoms. The highest BCUT2D eigenvalue weighted by atomic mass is 16.4. The van der Waals surface area contributed by atoms with Crippen molar-refractivity contribution in [2.45, 2.75) is 33.4 Å². The van der Waals surface area contributed by atoms with Crippen molar-refractivity contribution in [3.63, 3.8) is 0 Å². The van der Waals surface area contributed by atoms with Gasteiger partial charge in [0.25, 0.3) is 0 Å². The number of phenols is 1. The topological polar surface area (TPSA) is 158 Å². The summed E-state index contributed by atoms with van der Waals surface area (Å²) in [6, 6.07) is 3.86. The number of aliphatic hydroxyl groups excluding tert-OH is 1. The molecular formula is C18H23N7O4. The maximum atomic E-state index is 11.3. The molecule has 1 aromatic carbocycles. The van der Waals surface area contributed by atoms with Gasteiger partial charge >= 0.3 is 5.97 Å². The van der Waals surface area contributed by atoms with Crippen molar-refractivity contribution in [1.82, 2.24) is 25.0 Å². The van der Waals surface area contributed by atoms with E-state index in [1.165, 1.54) is 18.2 Å². The van der Waals surface area contributed by atoms with Gasteiger partial charge < -0.3 is 26.0 Å². The Labute approximate surface area is 166 Å². The van der Waals surface area contributed by atoms with Crippen molar-refractivity contribution in [2.24, 2.45) is 5.92 Å². The van der Waals surface area contributed by atoms with Crippen LogP contribution in [0.4, 0.5) is 17.5 Å². The fraction of sp³-hybridized carbons (Fsp3) is 0.389. The zero-order valence-corrected chi connectivity index (χ0v) is 16.3. The Kier molecular flexibility index (Phi) is 5.78. The Balaban J connectivity index is 2.05. The van der Waals surface area contributed by atoms with E-state index >= 15 is 0 Å². The predicted octanol–water partition coefficient (Wildman–Crippen LogP) is 1.82. The first-order valence-corrected chi connectivity index (χ1v) is 9.16. The highest BCUT2D eigenvalue weighted by Crippen LogP contribution is 2.27. The molecule has 1 unspecified atom stereocenters. The molecule has 0 bridgehead atoms. The average molecular weight is 401 g/mol. The molecule has 0 amide bonds. The molecule has 3 rings (SSSR count). The van der Waals surface area contributed by atoms with Crippen LogP contribution in [0.5, 0.6) is 5.75 Å². The second-order valence-electron chi connectivity index (χ2n) is 6.81. The summed E-state index contributed by atoms with van der Waals surface area (Å²) in [5, 5.41) is 42.8. The molecule has 0 aliphatic rings. The van der Waals surface area contributed by atoms with E-state index in [1.54, 1.807) is 4.68 Å². The third kappa shape index (κ3) is 4.19. The molecule has 2 aromatic heterocycles. The molecule has 0 fully saturated rings. The Hall–Kier alpha value is -3.47. The zero-order chi connectivity index (χ0) is 21.1. The molecular weight excluding hydrogens is 378 g/mol. The van der Waals surface area contributed by atoms with Crippen LogP contribution in [0.1, 0.15) is 31.1 Å². The molecule has 0 saturated heterocycles. The number of rotatable bonds is 8. The van der Waals surface area contributed by atoms with E-state index in [-0.39, 0.29) is 35.8 Å². The number of carboxylic acid groups (broad SMARTS) is 1. The van der Waals surface area contributed by atoms with Gasteiger partial charge in [-0.05, 0) is 31.0 Å². The van der Waals surface area contributed by atoms with Crippen molar-refractivity contribution < 1.29 is 20.1 Å². The van der Waals surface area contributed by atoms with Crippen LogP contribution in [0.15, 0.2) is 18.2 Å². The molecule has 0 saturated carbocycles. The summed E-state index contributed by atoms with van der Waals surface area (Å²) < 4.78 is 1.61. The number of aliphatic hydroxyl groups is 1. The SMILES string of the molecule is CCn1nnc2c(Nc3ccc(O)c(C(=O)O)c3)nc(NC(CO)C(C)C)nc21. The van der Waals surface area contributed by atoms with Crippen LogP contribution in [0.25, 0.3) is 11.2 Å². The van der Waals surface area contributed by atoms with Crippen molar-refractivity contribution in [2.75, 3.05) is 17.2 Å². The van der Waals surface area contributed by atoms with E-state index in [0.29, 0.717) is 29.2 Å². The average Bonchev–Trinajstić information content (AvgIpc) is 3.10. The number of benzene rings is 1. The zero-order valence-electron chi connectivity index (χ0n) is 16.3. The van der Waals surface area contributed by atoms with Gasteiger partial charge in [0.1, 0.15) is 11.3 Å². The largest absolute Gasteiger partial charge is 0.507 e. The monoisotopic (exact) mass is 401 g/mol. The lowest BCUT2D eigenvalue weighted by atomic mass is 10.1. The minimum Gasteiger partial charge on any atom is -0.507 e. The second kappa shape index (κ2) is 8.27. The van der Waals surface area contributed by atoms with Crippen LogP contribution < -0.4 is 10.6 Å². The molecule has 154 valence electrons. The lowest BCUT2D eigenvalue weighted by Crippen LogP contribution is -2.30. The molecule has 1 atom stereocenters. The number of hydrogen-bond acceptors (Lipinski definition) is 9. The van der Waals surface area contributed by atoms with E-state index < -0.39 is 5.97 Å². The van der Waals surface area contributed by atoms with Gasteiger partial charge in [-0.2, -0.15) is 9.97 Å². The van der Waals surface area contributed by atoms with Crippen LogP contribution >= 0.6 is 0 Å². The van der Waals surface area contributed by atoms with Crippen molar-refractivity contribution in [3.8, 4) is 5.75 Å². The summed E-state index contributed by atoms with van der Waals surface area (Å²) in [7, 11) is 0. The number of aryl methyl sites for hydroxylation is 1. The van der Waals surface area contributed by atoms with Crippen LogP contribution in [-0.2, 0) is 6.54 Å². The number of hydrogen-bond donors (Lipinski definition) is 5. The number of anilines is 3. The van der Waals surface area contributed by atoms with E-state index in [1.807, 2.05) is 20.8 Å². The summed E-state index contributed by atoms with van der Waals surface area (Å²) in [6.07, 6.45) is 0. The lowest BCUT2D eigenvalue weighted by Gasteiger charge is -2.20. The highest BCUT2D eigenvalue weighted by molar-refractivity contribution is 5.93. The molecule has 3 aromatic rings. The fourth-order valence-electron chi connectivity index (χ4n) is 2.73. The molecule has 11 heteroatoms. The third-order valence-electron chi connectivity index (χ3n) is 4.47. The first-order chi connectivity index (χ1) is 13.8. The van der Waals surface area contributed by atoms with Gasteiger partial charge in [0.15, 0.2) is 17.0 Å². The van der Waals surface area contributed by atoms with Crippen LogP contribution in [0.3, 0.4) is 0 Å². The summed E-state index contributed by atoms with van der Waals surface area (Å²) in [6.45, 7) is 6.29. The number of carboxylic acids is 1. The summed E-state index contributed by atoms with van der Waals surface area (Å²) in [5.74, 6) is -0.847. The lowest BCUT2D eigenvalue weighted by molar-refractivity contribution is 0.0694. The van der Waals surface area contributed by atoms with Gasteiger partial charge in [-0.1, -0.05) is 19.1 Å². The highest BCUT2D eigenvalue weighted by Gasteiger charge is 2.19. The number of nitrogens with zero attached hydrogens (tertiary/aromatic N) is 5. The Morgan fingerprint density at radius 1 is 1.28 bits per heavy atom. The van der Waals surface area contributed by atoms with Gasteiger partial charge in [-0.25, -0.2) is 9.48 Å².